The minimum absolute atomic E-state index is 0.0414. The molecule has 152 valence electrons. The summed E-state index contributed by atoms with van der Waals surface area (Å²) in [5.41, 5.74) is 8.84. The summed E-state index contributed by atoms with van der Waals surface area (Å²) >= 11 is 1.36. The molecule has 3 heterocycles. The van der Waals surface area contributed by atoms with Crippen LogP contribution in [0.2, 0.25) is 0 Å². The molecule has 0 aromatic carbocycles. The van der Waals surface area contributed by atoms with E-state index in [9.17, 15) is 4.39 Å². The Labute approximate surface area is 172 Å². The van der Waals surface area contributed by atoms with E-state index in [4.69, 9.17) is 5.73 Å². The van der Waals surface area contributed by atoms with Crippen molar-refractivity contribution in [2.45, 2.75) is 40.3 Å². The number of nitrogens with two attached hydrogens (primary N) is 1. The quantitative estimate of drug-likeness (QED) is 0.454. The van der Waals surface area contributed by atoms with Crippen molar-refractivity contribution >= 4 is 22.3 Å². The number of aromatic nitrogens is 5. The van der Waals surface area contributed by atoms with E-state index >= 15 is 0 Å². The molecule has 3 rings (SSSR count). The SMILES string of the molecule is Cc1cc(C)n(C(C)c2nnc(/N=C(N)\C=C/NCc3nccc(C)c3F)s2)n1. The molecule has 0 amide bonds. The van der Waals surface area contributed by atoms with Gasteiger partial charge in [-0.2, -0.15) is 5.10 Å². The topological polar surface area (TPSA) is 107 Å². The molecule has 0 aliphatic carbocycles. The molecule has 0 saturated heterocycles. The monoisotopic (exact) mass is 414 g/mol. The Hall–Kier alpha value is -3.14. The van der Waals surface area contributed by atoms with Gasteiger partial charge in [0.05, 0.1) is 17.9 Å². The Kier molecular flexibility index (Phi) is 6.32. The Morgan fingerprint density at radius 1 is 1.38 bits per heavy atom. The van der Waals surface area contributed by atoms with Crippen molar-refractivity contribution in [2.24, 2.45) is 10.7 Å². The molecule has 3 aromatic heterocycles. The highest BCUT2D eigenvalue weighted by Gasteiger charge is 2.16. The summed E-state index contributed by atoms with van der Waals surface area (Å²) in [5.74, 6) is -0.0511. The second kappa shape index (κ2) is 8.91. The maximum Gasteiger partial charge on any atom is 0.233 e. The van der Waals surface area contributed by atoms with Crippen LogP contribution in [0.4, 0.5) is 9.52 Å². The van der Waals surface area contributed by atoms with E-state index in [1.54, 1.807) is 31.5 Å². The summed E-state index contributed by atoms with van der Waals surface area (Å²) in [6.07, 6.45) is 4.76. The van der Waals surface area contributed by atoms with Gasteiger partial charge in [-0.25, -0.2) is 9.38 Å². The zero-order chi connectivity index (χ0) is 21.0. The molecule has 10 heteroatoms. The minimum Gasteiger partial charge on any atom is -0.385 e. The highest BCUT2D eigenvalue weighted by atomic mass is 32.1. The van der Waals surface area contributed by atoms with Gasteiger partial charge in [0.25, 0.3) is 0 Å². The lowest BCUT2D eigenvalue weighted by molar-refractivity contribution is 0.540. The van der Waals surface area contributed by atoms with Gasteiger partial charge in [-0.3, -0.25) is 9.67 Å². The lowest BCUT2D eigenvalue weighted by atomic mass is 10.2. The summed E-state index contributed by atoms with van der Waals surface area (Å²) in [5, 5.41) is 17.0. The summed E-state index contributed by atoms with van der Waals surface area (Å²) in [6.45, 7) is 7.92. The second-order valence-corrected chi connectivity index (χ2v) is 7.60. The number of rotatable bonds is 7. The predicted molar refractivity (Wildman–Crippen MR) is 112 cm³/mol. The van der Waals surface area contributed by atoms with Crippen molar-refractivity contribution < 1.29 is 4.39 Å². The van der Waals surface area contributed by atoms with E-state index in [2.05, 4.69) is 30.6 Å². The first-order chi connectivity index (χ1) is 13.8. The third kappa shape index (κ3) is 5.02. The predicted octanol–water partition coefficient (Wildman–Crippen LogP) is 3.10. The molecule has 3 N–H and O–H groups in total. The molecule has 0 spiro atoms. The standard InChI is InChI=1S/C19H23FN8S/c1-11-5-8-23-15(17(11)20)10-22-7-6-16(21)24-19-26-25-18(29-19)14(4)28-13(3)9-12(2)27-28/h5-9,14,22H,10H2,1-4H3,(H2,21,24,26)/b7-6-. The van der Waals surface area contributed by atoms with Gasteiger partial charge in [0.15, 0.2) is 0 Å². The second-order valence-electron chi connectivity index (χ2n) is 6.61. The molecule has 3 aromatic rings. The molecule has 0 saturated carbocycles. The van der Waals surface area contributed by atoms with Gasteiger partial charge in [-0.1, -0.05) is 11.3 Å². The van der Waals surface area contributed by atoms with Gasteiger partial charge in [-0.15, -0.1) is 10.2 Å². The van der Waals surface area contributed by atoms with Gasteiger partial charge in [-0.05, 0) is 51.5 Å². The van der Waals surface area contributed by atoms with Crippen LogP contribution in [-0.2, 0) is 6.54 Å². The van der Waals surface area contributed by atoms with Crippen molar-refractivity contribution in [1.82, 2.24) is 30.3 Å². The molecule has 29 heavy (non-hydrogen) atoms. The van der Waals surface area contributed by atoms with Crippen LogP contribution in [0.15, 0.2) is 35.6 Å². The first-order valence-electron chi connectivity index (χ1n) is 9.05. The van der Waals surface area contributed by atoms with Crippen molar-refractivity contribution in [2.75, 3.05) is 0 Å². The smallest absolute Gasteiger partial charge is 0.233 e. The van der Waals surface area contributed by atoms with Gasteiger partial charge in [0.1, 0.15) is 22.7 Å². The zero-order valence-electron chi connectivity index (χ0n) is 16.7. The largest absolute Gasteiger partial charge is 0.385 e. The molecule has 0 radical (unpaired) electrons. The van der Waals surface area contributed by atoms with Crippen LogP contribution in [0.5, 0.6) is 0 Å². The average Bonchev–Trinajstić information content (AvgIpc) is 3.27. The van der Waals surface area contributed by atoms with Gasteiger partial charge in [0.2, 0.25) is 5.13 Å². The van der Waals surface area contributed by atoms with Crippen molar-refractivity contribution in [3.63, 3.8) is 0 Å². The molecular weight excluding hydrogens is 391 g/mol. The van der Waals surface area contributed by atoms with Crippen LogP contribution >= 0.6 is 11.3 Å². The molecule has 1 unspecified atom stereocenters. The lowest BCUT2D eigenvalue weighted by Crippen LogP contribution is -2.12. The minimum atomic E-state index is -0.312. The fraction of sp³-hybridized carbons (Fsp3) is 0.316. The number of nitrogens with one attached hydrogen (secondary N) is 1. The summed E-state index contributed by atoms with van der Waals surface area (Å²) < 4.78 is 15.8. The van der Waals surface area contributed by atoms with Crippen LogP contribution in [0.3, 0.4) is 0 Å². The zero-order valence-corrected chi connectivity index (χ0v) is 17.5. The van der Waals surface area contributed by atoms with Crippen LogP contribution < -0.4 is 11.1 Å². The Bertz CT molecular complexity index is 1050. The van der Waals surface area contributed by atoms with Crippen LogP contribution in [0.25, 0.3) is 0 Å². The Morgan fingerprint density at radius 3 is 2.90 bits per heavy atom. The van der Waals surface area contributed by atoms with E-state index in [1.807, 2.05) is 31.5 Å². The lowest BCUT2D eigenvalue weighted by Gasteiger charge is -2.10. The first kappa shape index (κ1) is 20.6. The maximum atomic E-state index is 13.9. The molecular formula is C19H23FN8S. The Balaban J connectivity index is 1.61. The number of hydrogen-bond acceptors (Lipinski definition) is 7. The summed E-state index contributed by atoms with van der Waals surface area (Å²) in [7, 11) is 0. The van der Waals surface area contributed by atoms with Gasteiger partial charge >= 0.3 is 0 Å². The number of aryl methyl sites for hydroxylation is 3. The third-order valence-corrected chi connectivity index (χ3v) is 5.21. The van der Waals surface area contributed by atoms with Crippen molar-refractivity contribution in [1.29, 1.82) is 0 Å². The molecule has 1 atom stereocenters. The maximum absolute atomic E-state index is 13.9. The number of aliphatic imine (C=N–C) groups is 1. The average molecular weight is 415 g/mol. The fourth-order valence-corrected chi connectivity index (χ4v) is 3.52. The van der Waals surface area contributed by atoms with Gasteiger partial charge < -0.3 is 11.1 Å². The molecule has 8 nitrogen and oxygen atoms in total. The number of amidine groups is 1. The van der Waals surface area contributed by atoms with E-state index in [0.717, 1.165) is 16.4 Å². The third-order valence-electron chi connectivity index (χ3n) is 4.22. The van der Waals surface area contributed by atoms with Gasteiger partial charge in [0, 0.05) is 18.1 Å². The van der Waals surface area contributed by atoms with E-state index in [-0.39, 0.29) is 24.2 Å². The summed E-state index contributed by atoms with van der Waals surface area (Å²) in [4.78, 5) is 8.27. The van der Waals surface area contributed by atoms with E-state index in [1.165, 1.54) is 11.3 Å². The van der Waals surface area contributed by atoms with Crippen molar-refractivity contribution in [3.8, 4) is 0 Å². The molecule has 0 fully saturated rings. The highest BCUT2D eigenvalue weighted by Crippen LogP contribution is 2.27. The van der Waals surface area contributed by atoms with Crippen LogP contribution in [-0.4, -0.2) is 30.8 Å². The Morgan fingerprint density at radius 2 is 2.17 bits per heavy atom. The molecule has 0 aliphatic rings. The van der Waals surface area contributed by atoms with Crippen molar-refractivity contribution in [3.05, 3.63) is 64.1 Å². The molecule has 0 bridgehead atoms. The number of hydrogen-bond donors (Lipinski definition) is 2. The number of nitrogens with zero attached hydrogens (tertiary/aromatic N) is 6. The number of halogens is 1. The van der Waals surface area contributed by atoms with E-state index in [0.29, 0.717) is 16.4 Å². The summed E-state index contributed by atoms with van der Waals surface area (Å²) in [6, 6.07) is 3.61. The number of pyridine rings is 1. The normalized spacial score (nSPS) is 13.2. The van der Waals surface area contributed by atoms with Crippen LogP contribution in [0.1, 0.15) is 40.6 Å². The van der Waals surface area contributed by atoms with E-state index < -0.39 is 0 Å². The first-order valence-corrected chi connectivity index (χ1v) is 9.87. The highest BCUT2D eigenvalue weighted by molar-refractivity contribution is 7.15. The fourth-order valence-electron chi connectivity index (χ4n) is 2.75. The molecule has 0 aliphatic heterocycles. The van der Waals surface area contributed by atoms with Crippen LogP contribution in [0, 0.1) is 26.6 Å².